The van der Waals surface area contributed by atoms with Crippen molar-refractivity contribution >= 4 is 17.4 Å². The van der Waals surface area contributed by atoms with Crippen LogP contribution >= 0.6 is 11.6 Å². The standard InChI is InChI=1S/C17H15ClO2/c18-16-9-8-14(12-6-7-13(12)16)17(20)15(10-19)11-4-2-1-3-5-11/h1-5,8-9,15,19H,6-7,10H2. The molecular weight excluding hydrogens is 272 g/mol. The Morgan fingerprint density at radius 2 is 1.80 bits per heavy atom. The maximum Gasteiger partial charge on any atom is 0.172 e. The topological polar surface area (TPSA) is 37.3 Å². The van der Waals surface area contributed by atoms with Gasteiger partial charge in [0.05, 0.1) is 12.5 Å². The highest BCUT2D eigenvalue weighted by Gasteiger charge is 2.28. The summed E-state index contributed by atoms with van der Waals surface area (Å²) >= 11 is 6.11. The van der Waals surface area contributed by atoms with Gasteiger partial charge in [-0.1, -0.05) is 41.9 Å². The number of ketones is 1. The van der Waals surface area contributed by atoms with E-state index in [-0.39, 0.29) is 12.4 Å². The van der Waals surface area contributed by atoms with Crippen LogP contribution in [0, 0.1) is 0 Å². The van der Waals surface area contributed by atoms with Crippen molar-refractivity contribution in [3.05, 3.63) is 69.7 Å². The van der Waals surface area contributed by atoms with Crippen molar-refractivity contribution in [3.8, 4) is 0 Å². The highest BCUT2D eigenvalue weighted by molar-refractivity contribution is 6.31. The van der Waals surface area contributed by atoms with Crippen molar-refractivity contribution in [2.24, 2.45) is 0 Å². The molecule has 1 aliphatic rings. The highest BCUT2D eigenvalue weighted by Crippen LogP contribution is 2.35. The quantitative estimate of drug-likeness (QED) is 0.875. The van der Waals surface area contributed by atoms with Gasteiger partial charge in [0.15, 0.2) is 5.78 Å². The molecule has 0 aliphatic heterocycles. The average molecular weight is 287 g/mol. The van der Waals surface area contributed by atoms with E-state index < -0.39 is 5.92 Å². The molecule has 0 spiro atoms. The van der Waals surface area contributed by atoms with Gasteiger partial charge in [-0.05, 0) is 41.7 Å². The number of halogens is 1. The Kier molecular flexibility index (Phi) is 3.60. The number of benzene rings is 2. The van der Waals surface area contributed by atoms with Crippen LogP contribution in [0.25, 0.3) is 0 Å². The third-order valence-corrected chi connectivity index (χ3v) is 4.32. The molecule has 0 saturated carbocycles. The first-order valence-corrected chi connectivity index (χ1v) is 7.10. The molecule has 2 aromatic rings. The number of carbonyl (C=O) groups is 1. The molecule has 1 unspecified atom stereocenters. The zero-order valence-corrected chi connectivity index (χ0v) is 11.7. The molecule has 1 aliphatic carbocycles. The van der Waals surface area contributed by atoms with Crippen LogP contribution in [0.2, 0.25) is 5.02 Å². The van der Waals surface area contributed by atoms with Crippen LogP contribution in [0.5, 0.6) is 0 Å². The number of hydrogen-bond acceptors (Lipinski definition) is 2. The molecule has 0 bridgehead atoms. The van der Waals surface area contributed by atoms with E-state index in [1.807, 2.05) is 30.3 Å². The van der Waals surface area contributed by atoms with Crippen LogP contribution in [-0.4, -0.2) is 17.5 Å². The molecular formula is C17H15ClO2. The van der Waals surface area contributed by atoms with Gasteiger partial charge in [-0.15, -0.1) is 0 Å². The number of Topliss-reactive ketones (excluding diaryl/α,β-unsaturated/α-hetero) is 1. The van der Waals surface area contributed by atoms with Gasteiger partial charge in [0, 0.05) is 10.6 Å². The van der Waals surface area contributed by atoms with Crippen LogP contribution in [0.1, 0.15) is 33.0 Å². The van der Waals surface area contributed by atoms with Crippen molar-refractivity contribution in [1.29, 1.82) is 0 Å². The van der Waals surface area contributed by atoms with Crippen LogP contribution in [0.15, 0.2) is 42.5 Å². The fourth-order valence-electron chi connectivity index (χ4n) is 2.74. The Hall–Kier alpha value is -1.64. The lowest BCUT2D eigenvalue weighted by Crippen LogP contribution is -2.22. The van der Waals surface area contributed by atoms with Gasteiger partial charge in [-0.3, -0.25) is 4.79 Å². The van der Waals surface area contributed by atoms with E-state index in [1.54, 1.807) is 12.1 Å². The Morgan fingerprint density at radius 3 is 2.40 bits per heavy atom. The Balaban J connectivity index is 1.98. The normalized spacial score (nSPS) is 14.3. The fourth-order valence-corrected chi connectivity index (χ4v) is 3.01. The first-order valence-electron chi connectivity index (χ1n) is 6.72. The Morgan fingerprint density at radius 1 is 1.10 bits per heavy atom. The summed E-state index contributed by atoms with van der Waals surface area (Å²) in [4.78, 5) is 12.7. The Labute approximate surface area is 123 Å². The molecule has 0 heterocycles. The largest absolute Gasteiger partial charge is 0.395 e. The van der Waals surface area contributed by atoms with Gasteiger partial charge in [0.25, 0.3) is 0 Å². The molecule has 102 valence electrons. The van der Waals surface area contributed by atoms with Gasteiger partial charge in [0.2, 0.25) is 0 Å². The number of hydrogen-bond donors (Lipinski definition) is 1. The lowest BCUT2D eigenvalue weighted by atomic mass is 9.80. The molecule has 1 N–H and O–H groups in total. The van der Waals surface area contributed by atoms with Crippen molar-refractivity contribution in [1.82, 2.24) is 0 Å². The van der Waals surface area contributed by atoms with E-state index in [0.29, 0.717) is 5.56 Å². The van der Waals surface area contributed by atoms with Crippen LogP contribution in [0.3, 0.4) is 0 Å². The molecule has 3 heteroatoms. The zero-order valence-electron chi connectivity index (χ0n) is 11.0. The van der Waals surface area contributed by atoms with E-state index in [2.05, 4.69) is 0 Å². The monoisotopic (exact) mass is 286 g/mol. The van der Waals surface area contributed by atoms with Gasteiger partial charge >= 0.3 is 0 Å². The minimum absolute atomic E-state index is 0.0219. The van der Waals surface area contributed by atoms with Crippen molar-refractivity contribution in [2.75, 3.05) is 6.61 Å². The molecule has 3 rings (SSSR count). The number of rotatable bonds is 4. The van der Waals surface area contributed by atoms with E-state index >= 15 is 0 Å². The second kappa shape index (κ2) is 5.39. The Bertz CT molecular complexity index is 650. The fraction of sp³-hybridized carbons (Fsp3) is 0.235. The maximum atomic E-state index is 12.7. The predicted molar refractivity (Wildman–Crippen MR) is 79.5 cm³/mol. The third kappa shape index (κ3) is 2.15. The van der Waals surface area contributed by atoms with Gasteiger partial charge in [-0.25, -0.2) is 0 Å². The number of aliphatic hydroxyl groups excluding tert-OH is 1. The summed E-state index contributed by atoms with van der Waals surface area (Å²) in [5, 5.41) is 10.3. The van der Waals surface area contributed by atoms with E-state index in [1.165, 1.54) is 0 Å². The van der Waals surface area contributed by atoms with Crippen LogP contribution in [-0.2, 0) is 12.8 Å². The average Bonchev–Trinajstić information content (AvgIpc) is 2.42. The molecule has 1 atom stereocenters. The molecule has 20 heavy (non-hydrogen) atoms. The predicted octanol–water partition coefficient (Wildman–Crippen LogP) is 3.40. The maximum absolute atomic E-state index is 12.7. The summed E-state index contributed by atoms with van der Waals surface area (Å²) in [6, 6.07) is 13.0. The summed E-state index contributed by atoms with van der Waals surface area (Å²) < 4.78 is 0. The molecule has 2 aromatic carbocycles. The van der Waals surface area contributed by atoms with Crippen LogP contribution < -0.4 is 0 Å². The van der Waals surface area contributed by atoms with E-state index in [0.717, 1.165) is 34.6 Å². The summed E-state index contributed by atoms with van der Waals surface area (Å²) in [5.41, 5.74) is 3.70. The van der Waals surface area contributed by atoms with Crippen molar-refractivity contribution in [3.63, 3.8) is 0 Å². The van der Waals surface area contributed by atoms with Crippen LogP contribution in [0.4, 0.5) is 0 Å². The smallest absolute Gasteiger partial charge is 0.172 e. The number of aliphatic hydroxyl groups is 1. The number of carbonyl (C=O) groups excluding carboxylic acids is 1. The SMILES string of the molecule is O=C(c1ccc(Cl)c2c1CC2)C(CO)c1ccccc1. The lowest BCUT2D eigenvalue weighted by molar-refractivity contribution is 0.0920. The summed E-state index contributed by atoms with van der Waals surface area (Å²) in [5.74, 6) is -0.520. The summed E-state index contributed by atoms with van der Waals surface area (Å²) in [6.07, 6.45) is 1.83. The van der Waals surface area contributed by atoms with Gasteiger partial charge < -0.3 is 5.11 Å². The summed E-state index contributed by atoms with van der Waals surface area (Å²) in [7, 11) is 0. The first-order chi connectivity index (χ1) is 9.72. The van der Waals surface area contributed by atoms with E-state index in [4.69, 9.17) is 11.6 Å². The number of fused-ring (bicyclic) bond motifs is 1. The third-order valence-electron chi connectivity index (χ3n) is 3.97. The highest BCUT2D eigenvalue weighted by atomic mass is 35.5. The molecule has 0 radical (unpaired) electrons. The van der Waals surface area contributed by atoms with Crippen molar-refractivity contribution < 1.29 is 9.90 Å². The molecule has 0 fully saturated rings. The second-order valence-corrected chi connectivity index (χ2v) is 5.47. The zero-order chi connectivity index (χ0) is 14.1. The minimum atomic E-state index is -0.498. The molecule has 0 saturated heterocycles. The van der Waals surface area contributed by atoms with Gasteiger partial charge in [0.1, 0.15) is 0 Å². The molecule has 0 aromatic heterocycles. The first kappa shape index (κ1) is 13.3. The minimum Gasteiger partial charge on any atom is -0.395 e. The lowest BCUT2D eigenvalue weighted by Gasteiger charge is -2.25. The van der Waals surface area contributed by atoms with Crippen molar-refractivity contribution in [2.45, 2.75) is 18.8 Å². The van der Waals surface area contributed by atoms with E-state index in [9.17, 15) is 9.90 Å². The summed E-state index contributed by atoms with van der Waals surface area (Å²) in [6.45, 7) is -0.180. The molecule has 0 amide bonds. The molecule has 2 nitrogen and oxygen atoms in total. The van der Waals surface area contributed by atoms with Gasteiger partial charge in [-0.2, -0.15) is 0 Å². The second-order valence-electron chi connectivity index (χ2n) is 5.06.